The van der Waals surface area contributed by atoms with Crippen LogP contribution in [0.1, 0.15) is 56.5 Å². The molecule has 266 valence electrons. The molecule has 1 saturated carbocycles. The molecule has 5 rings (SSSR count). The lowest BCUT2D eigenvalue weighted by Gasteiger charge is -2.38. The van der Waals surface area contributed by atoms with Gasteiger partial charge in [0.25, 0.3) is 0 Å². The Morgan fingerprint density at radius 3 is 2.56 bits per heavy atom. The molecule has 50 heavy (non-hydrogen) atoms. The van der Waals surface area contributed by atoms with Gasteiger partial charge >= 0.3 is 6.09 Å². The topological polar surface area (TPSA) is 113 Å². The highest BCUT2D eigenvalue weighted by atomic mass is 32.2. The van der Waals surface area contributed by atoms with Crippen molar-refractivity contribution < 1.29 is 27.8 Å². The maximum atomic E-state index is 16.0. The molecule has 0 radical (unpaired) electrons. The first kappa shape index (κ1) is 37.2. The van der Waals surface area contributed by atoms with Crippen LogP contribution in [0.3, 0.4) is 0 Å². The number of carbonyl (C=O) groups is 2. The molecule has 1 fully saturated rings. The molecule has 0 N–H and O–H groups in total. The fraction of sp³-hybridized carbons (Fsp3) is 0.472. The van der Waals surface area contributed by atoms with Crippen LogP contribution in [0.4, 0.5) is 13.6 Å². The van der Waals surface area contributed by atoms with Gasteiger partial charge in [-0.1, -0.05) is 37.5 Å². The maximum absolute atomic E-state index is 16.0. The molecule has 0 saturated heterocycles. The van der Waals surface area contributed by atoms with Gasteiger partial charge in [0, 0.05) is 52.7 Å². The lowest BCUT2D eigenvalue weighted by atomic mass is 9.84. The van der Waals surface area contributed by atoms with Gasteiger partial charge in [-0.05, 0) is 76.1 Å². The molecule has 3 heterocycles. The molecule has 2 aliphatic rings. The minimum Gasteiger partial charge on any atom is -0.443 e. The number of imidazole rings is 1. The first-order chi connectivity index (χ1) is 23.3. The summed E-state index contributed by atoms with van der Waals surface area (Å²) in [6, 6.07) is 10.4. The lowest BCUT2D eigenvalue weighted by Crippen LogP contribution is -2.48. The summed E-state index contributed by atoms with van der Waals surface area (Å²) in [7, 11) is 1.89. The van der Waals surface area contributed by atoms with Crippen LogP contribution in [-0.4, -0.2) is 82.2 Å². The molecule has 0 unspecified atom stereocenters. The Balaban J connectivity index is 1.56. The van der Waals surface area contributed by atoms with Crippen molar-refractivity contribution in [2.45, 2.75) is 75.7 Å². The highest BCUT2D eigenvalue weighted by molar-refractivity contribution is 8.16. The normalized spacial score (nSPS) is 22.0. The molecule has 14 heteroatoms. The fourth-order valence-electron chi connectivity index (χ4n) is 5.95. The van der Waals surface area contributed by atoms with E-state index in [9.17, 15) is 14.9 Å². The van der Waals surface area contributed by atoms with Gasteiger partial charge in [0.1, 0.15) is 40.3 Å². The van der Waals surface area contributed by atoms with Crippen molar-refractivity contribution in [3.05, 3.63) is 70.9 Å². The summed E-state index contributed by atoms with van der Waals surface area (Å²) in [5, 5.41) is 9.40. The van der Waals surface area contributed by atoms with Crippen LogP contribution in [0.2, 0.25) is 25.7 Å². The number of rotatable bonds is 9. The molecule has 1 aliphatic carbocycles. The third-order valence-electron chi connectivity index (χ3n) is 8.67. The van der Waals surface area contributed by atoms with E-state index in [0.29, 0.717) is 29.8 Å². The number of carbonyl (C=O) groups excluding carboxylic acids is 2. The summed E-state index contributed by atoms with van der Waals surface area (Å²) < 4.78 is 43.9. The van der Waals surface area contributed by atoms with E-state index in [1.807, 2.05) is 6.07 Å². The van der Waals surface area contributed by atoms with E-state index < -0.39 is 47.6 Å². The van der Waals surface area contributed by atoms with E-state index in [-0.39, 0.29) is 29.1 Å². The van der Waals surface area contributed by atoms with Crippen molar-refractivity contribution in [1.29, 1.82) is 5.26 Å². The van der Waals surface area contributed by atoms with E-state index in [1.54, 1.807) is 64.5 Å². The zero-order valence-corrected chi connectivity index (χ0v) is 31.8. The Bertz CT molecular complexity index is 1930. The Morgan fingerprint density at radius 1 is 1.20 bits per heavy atom. The van der Waals surface area contributed by atoms with Crippen molar-refractivity contribution in [1.82, 2.24) is 19.2 Å². The second kappa shape index (κ2) is 13.6. The van der Waals surface area contributed by atoms with Crippen molar-refractivity contribution in [3.63, 3.8) is 0 Å². The number of pyridine rings is 1. The largest absolute Gasteiger partial charge is 0.443 e. The van der Waals surface area contributed by atoms with E-state index in [4.69, 9.17) is 14.5 Å². The minimum absolute atomic E-state index is 0.0477. The number of aliphatic imine (C=N–C) groups is 1. The standard InChI is InChI=1S/C36H44F2N6O4SSi/c1-34(2,3)48-33(46)44(22-47-14-15-50(7,8)9)32-41-35(4,29-18-36(29,49-32)31(45)42(5)6)25-16-23(10-12-26(25)37)17-27(38)28-21-43-20-24(19-39)11-13-30(43)40-28/h10-13,16-17,20-21,29H,14-15,18,22H2,1-9H3/b27-17-/t29-,35+,36-/m0/s1. The zero-order valence-electron chi connectivity index (χ0n) is 30.0. The Kier molecular flexibility index (Phi) is 10.1. The van der Waals surface area contributed by atoms with Crippen molar-refractivity contribution in [3.8, 4) is 6.07 Å². The van der Waals surface area contributed by atoms with Gasteiger partial charge in [-0.3, -0.25) is 9.79 Å². The molecule has 3 aromatic rings. The average Bonchev–Trinajstić information content (AvgIpc) is 3.63. The molecule has 2 aromatic heterocycles. The van der Waals surface area contributed by atoms with Gasteiger partial charge in [-0.25, -0.2) is 23.5 Å². The Morgan fingerprint density at radius 2 is 1.92 bits per heavy atom. The van der Waals surface area contributed by atoms with Crippen molar-refractivity contribution >= 4 is 54.6 Å². The molecule has 2 amide bonds. The van der Waals surface area contributed by atoms with Gasteiger partial charge in [0.05, 0.1) is 11.1 Å². The summed E-state index contributed by atoms with van der Waals surface area (Å²) in [4.78, 5) is 39.6. The average molecular weight is 723 g/mol. The summed E-state index contributed by atoms with van der Waals surface area (Å²) in [5.41, 5.74) is -0.711. The summed E-state index contributed by atoms with van der Waals surface area (Å²) in [6.07, 6.45) is 3.98. The van der Waals surface area contributed by atoms with Gasteiger partial charge in [-0.15, -0.1) is 0 Å². The van der Waals surface area contributed by atoms with Gasteiger partial charge in [0.2, 0.25) is 5.91 Å². The number of halogens is 2. The smallest absolute Gasteiger partial charge is 0.418 e. The SMILES string of the molecule is CN(C)C(=O)[C@]12C[C@H]1[C@@](C)(c1cc(/C=C(\F)c3cn4cc(C#N)ccc4n3)ccc1F)N=C(N(COCC[Si](C)(C)C)C(=O)OC(C)(C)C)S2. The number of thioether (sulfide) groups is 1. The first-order valence-electron chi connectivity index (χ1n) is 16.4. The van der Waals surface area contributed by atoms with Crippen LogP contribution in [0.5, 0.6) is 0 Å². The number of benzene rings is 1. The fourth-order valence-corrected chi connectivity index (χ4v) is 8.39. The minimum atomic E-state index is -1.44. The zero-order chi connectivity index (χ0) is 36.8. The number of amides is 2. The van der Waals surface area contributed by atoms with Gasteiger partial charge in [0.15, 0.2) is 11.0 Å². The second-order valence-corrected chi connectivity index (χ2v) is 22.3. The predicted molar refractivity (Wildman–Crippen MR) is 194 cm³/mol. The number of nitriles is 1. The number of fused-ring (bicyclic) bond motifs is 2. The molecular weight excluding hydrogens is 679 g/mol. The molecule has 0 bridgehead atoms. The molecular formula is C36H44F2N6O4SSi. The van der Waals surface area contributed by atoms with Crippen LogP contribution in [0, 0.1) is 23.1 Å². The molecule has 1 aromatic carbocycles. The monoisotopic (exact) mass is 722 g/mol. The quantitative estimate of drug-likeness (QED) is 0.128. The molecule has 0 spiro atoms. The van der Waals surface area contributed by atoms with Crippen molar-refractivity contribution in [2.75, 3.05) is 27.4 Å². The first-order valence-corrected chi connectivity index (χ1v) is 20.9. The highest BCUT2D eigenvalue weighted by Crippen LogP contribution is 2.67. The Labute approximate surface area is 297 Å². The van der Waals surface area contributed by atoms with Crippen LogP contribution in [-0.2, 0) is 19.8 Å². The van der Waals surface area contributed by atoms with Crippen LogP contribution >= 0.6 is 11.8 Å². The number of ether oxygens (including phenoxy) is 2. The predicted octanol–water partition coefficient (Wildman–Crippen LogP) is 7.53. The van der Waals surface area contributed by atoms with Crippen LogP contribution < -0.4 is 0 Å². The van der Waals surface area contributed by atoms with Crippen LogP contribution in [0.15, 0.2) is 47.7 Å². The third kappa shape index (κ3) is 7.80. The number of hydrogen-bond acceptors (Lipinski definition) is 8. The van der Waals surface area contributed by atoms with E-state index in [2.05, 4.69) is 24.6 Å². The number of aromatic nitrogens is 2. The number of amidine groups is 1. The van der Waals surface area contributed by atoms with Crippen LogP contribution in [0.25, 0.3) is 17.6 Å². The van der Waals surface area contributed by atoms with E-state index in [1.165, 1.54) is 52.0 Å². The third-order valence-corrected chi connectivity index (χ3v) is 11.9. The number of nitrogens with zero attached hydrogens (tertiary/aromatic N) is 6. The molecule has 3 atom stereocenters. The van der Waals surface area contributed by atoms with E-state index >= 15 is 8.78 Å². The molecule has 10 nitrogen and oxygen atoms in total. The highest BCUT2D eigenvalue weighted by Gasteiger charge is 2.71. The number of hydrogen-bond donors (Lipinski definition) is 0. The Hall–Kier alpha value is -4.06. The van der Waals surface area contributed by atoms with E-state index in [0.717, 1.165) is 6.04 Å². The summed E-state index contributed by atoms with van der Waals surface area (Å²) >= 11 is 1.18. The lowest BCUT2D eigenvalue weighted by molar-refractivity contribution is -0.129. The maximum Gasteiger partial charge on any atom is 0.418 e. The second-order valence-electron chi connectivity index (χ2n) is 15.4. The van der Waals surface area contributed by atoms with Gasteiger partial charge < -0.3 is 18.8 Å². The van der Waals surface area contributed by atoms with Crippen molar-refractivity contribution in [2.24, 2.45) is 10.9 Å². The van der Waals surface area contributed by atoms with Gasteiger partial charge in [-0.2, -0.15) is 5.26 Å². The summed E-state index contributed by atoms with van der Waals surface area (Å²) in [6.45, 7) is 14.0. The molecule has 1 aliphatic heterocycles. The summed E-state index contributed by atoms with van der Waals surface area (Å²) in [5.74, 6) is -1.83.